The summed E-state index contributed by atoms with van der Waals surface area (Å²) in [6.45, 7) is 4.78. The SMILES string of the molecule is CCC(CC)(CCO)CNC(=O)Nc1cccc(S(C)=O)c1. The average Bonchev–Trinajstić information content (AvgIpc) is 2.52. The van der Waals surface area contributed by atoms with Crippen molar-refractivity contribution in [2.24, 2.45) is 5.41 Å². The lowest BCUT2D eigenvalue weighted by molar-refractivity contribution is 0.165. The zero-order valence-electron chi connectivity index (χ0n) is 13.5. The molecule has 0 spiro atoms. The van der Waals surface area contributed by atoms with E-state index in [2.05, 4.69) is 24.5 Å². The first kappa shape index (κ1) is 18.6. The van der Waals surface area contributed by atoms with Crippen molar-refractivity contribution in [3.63, 3.8) is 0 Å². The number of urea groups is 1. The van der Waals surface area contributed by atoms with Crippen LogP contribution < -0.4 is 10.6 Å². The summed E-state index contributed by atoms with van der Waals surface area (Å²) in [4.78, 5) is 12.7. The van der Waals surface area contributed by atoms with Gasteiger partial charge in [-0.2, -0.15) is 0 Å². The summed E-state index contributed by atoms with van der Waals surface area (Å²) < 4.78 is 11.4. The maximum absolute atomic E-state index is 12.0. The van der Waals surface area contributed by atoms with Crippen molar-refractivity contribution in [2.45, 2.75) is 38.0 Å². The molecule has 5 nitrogen and oxygen atoms in total. The van der Waals surface area contributed by atoms with E-state index in [1.54, 1.807) is 30.5 Å². The van der Waals surface area contributed by atoms with E-state index in [1.165, 1.54) is 0 Å². The van der Waals surface area contributed by atoms with Crippen molar-refractivity contribution in [3.05, 3.63) is 24.3 Å². The number of hydrogen-bond donors (Lipinski definition) is 3. The topological polar surface area (TPSA) is 78.4 Å². The Balaban J connectivity index is 2.62. The van der Waals surface area contributed by atoms with Gasteiger partial charge in [0.2, 0.25) is 0 Å². The van der Waals surface area contributed by atoms with Gasteiger partial charge in [-0.05, 0) is 42.9 Å². The zero-order valence-corrected chi connectivity index (χ0v) is 14.3. The highest BCUT2D eigenvalue weighted by Crippen LogP contribution is 2.29. The van der Waals surface area contributed by atoms with Gasteiger partial charge >= 0.3 is 6.03 Å². The molecule has 1 atom stereocenters. The Kier molecular flexibility index (Phi) is 7.55. The monoisotopic (exact) mass is 326 g/mol. The lowest BCUT2D eigenvalue weighted by Gasteiger charge is -2.31. The minimum atomic E-state index is -1.08. The van der Waals surface area contributed by atoms with Gasteiger partial charge < -0.3 is 15.7 Å². The molecule has 1 unspecified atom stereocenters. The van der Waals surface area contributed by atoms with Crippen LogP contribution in [0.1, 0.15) is 33.1 Å². The number of amides is 2. The summed E-state index contributed by atoms with van der Waals surface area (Å²) in [5.41, 5.74) is 0.546. The second kappa shape index (κ2) is 8.90. The van der Waals surface area contributed by atoms with Crippen LogP contribution in [0.25, 0.3) is 0 Å². The highest BCUT2D eigenvalue weighted by molar-refractivity contribution is 7.84. The van der Waals surface area contributed by atoms with Crippen molar-refractivity contribution < 1.29 is 14.1 Å². The maximum Gasteiger partial charge on any atom is 0.319 e. The highest BCUT2D eigenvalue weighted by atomic mass is 32.2. The lowest BCUT2D eigenvalue weighted by atomic mass is 9.79. The lowest BCUT2D eigenvalue weighted by Crippen LogP contribution is -2.39. The summed E-state index contributed by atoms with van der Waals surface area (Å²) in [6.07, 6.45) is 4.07. The number of hydrogen-bond acceptors (Lipinski definition) is 3. The third-order valence-electron chi connectivity index (χ3n) is 4.19. The number of nitrogens with one attached hydrogen (secondary N) is 2. The number of rotatable bonds is 8. The molecule has 0 fully saturated rings. The molecular formula is C16H26N2O3S. The van der Waals surface area contributed by atoms with Crippen LogP contribution in [0.5, 0.6) is 0 Å². The van der Waals surface area contributed by atoms with Crippen molar-refractivity contribution in [2.75, 3.05) is 24.7 Å². The predicted octanol–water partition coefficient (Wildman–Crippen LogP) is 2.73. The fourth-order valence-electron chi connectivity index (χ4n) is 2.37. The molecule has 0 aliphatic carbocycles. The van der Waals surface area contributed by atoms with Gasteiger partial charge in [-0.1, -0.05) is 19.9 Å². The molecule has 2 amide bonds. The second-order valence-corrected chi connectivity index (χ2v) is 6.85. The first-order chi connectivity index (χ1) is 10.5. The number of carbonyl (C=O) groups is 1. The molecule has 22 heavy (non-hydrogen) atoms. The minimum Gasteiger partial charge on any atom is -0.396 e. The zero-order chi connectivity index (χ0) is 16.6. The Morgan fingerprint density at radius 2 is 2.00 bits per heavy atom. The normalized spacial score (nSPS) is 12.7. The molecule has 6 heteroatoms. The second-order valence-electron chi connectivity index (χ2n) is 5.47. The molecule has 0 aliphatic rings. The summed E-state index contributed by atoms with van der Waals surface area (Å²) in [7, 11) is -1.08. The Morgan fingerprint density at radius 3 is 2.55 bits per heavy atom. The molecule has 3 N–H and O–H groups in total. The van der Waals surface area contributed by atoms with E-state index in [9.17, 15) is 14.1 Å². The first-order valence-electron chi connectivity index (χ1n) is 7.55. The Labute approximate surface area is 135 Å². The van der Waals surface area contributed by atoms with Crippen LogP contribution in [0, 0.1) is 5.41 Å². The third-order valence-corrected chi connectivity index (χ3v) is 5.11. The van der Waals surface area contributed by atoms with E-state index < -0.39 is 10.8 Å². The van der Waals surface area contributed by atoms with E-state index in [0.29, 0.717) is 23.5 Å². The molecule has 1 aromatic rings. The number of benzene rings is 1. The van der Waals surface area contributed by atoms with Gasteiger partial charge in [0.1, 0.15) is 0 Å². The van der Waals surface area contributed by atoms with Crippen molar-refractivity contribution in [3.8, 4) is 0 Å². The summed E-state index contributed by atoms with van der Waals surface area (Å²) in [5.74, 6) is 0. The Bertz CT molecular complexity index is 516. The van der Waals surface area contributed by atoms with Gasteiger partial charge in [-0.15, -0.1) is 0 Å². The average molecular weight is 326 g/mol. The molecule has 1 rings (SSSR count). The fraction of sp³-hybridized carbons (Fsp3) is 0.562. The molecule has 1 aromatic carbocycles. The fourth-order valence-corrected chi connectivity index (χ4v) is 2.94. The predicted molar refractivity (Wildman–Crippen MR) is 90.5 cm³/mol. The van der Waals surface area contributed by atoms with E-state index in [4.69, 9.17) is 0 Å². The van der Waals surface area contributed by atoms with E-state index >= 15 is 0 Å². The Morgan fingerprint density at radius 1 is 1.32 bits per heavy atom. The van der Waals surface area contributed by atoms with Crippen molar-refractivity contribution in [1.82, 2.24) is 5.32 Å². The third kappa shape index (κ3) is 5.42. The number of aliphatic hydroxyl groups excluding tert-OH is 1. The number of anilines is 1. The van der Waals surface area contributed by atoms with Crippen LogP contribution in [0.2, 0.25) is 0 Å². The van der Waals surface area contributed by atoms with E-state index in [-0.39, 0.29) is 18.1 Å². The number of aliphatic hydroxyl groups is 1. The summed E-state index contributed by atoms with van der Waals surface area (Å²) in [6, 6.07) is 6.70. The van der Waals surface area contributed by atoms with Gasteiger partial charge in [0.15, 0.2) is 0 Å². The van der Waals surface area contributed by atoms with Crippen LogP contribution in [0.3, 0.4) is 0 Å². The molecular weight excluding hydrogens is 300 g/mol. The molecule has 0 saturated carbocycles. The van der Waals surface area contributed by atoms with Crippen molar-refractivity contribution >= 4 is 22.5 Å². The smallest absolute Gasteiger partial charge is 0.319 e. The molecule has 0 bridgehead atoms. The van der Waals surface area contributed by atoms with Gasteiger partial charge in [0.05, 0.1) is 0 Å². The van der Waals surface area contributed by atoms with Gasteiger partial charge in [0, 0.05) is 40.8 Å². The van der Waals surface area contributed by atoms with Gasteiger partial charge in [0.25, 0.3) is 0 Å². The molecule has 0 aliphatic heterocycles. The largest absolute Gasteiger partial charge is 0.396 e. The van der Waals surface area contributed by atoms with Gasteiger partial charge in [-0.3, -0.25) is 4.21 Å². The quantitative estimate of drug-likeness (QED) is 0.687. The van der Waals surface area contributed by atoms with Crippen molar-refractivity contribution in [1.29, 1.82) is 0 Å². The van der Waals surface area contributed by atoms with Crippen LogP contribution >= 0.6 is 0 Å². The minimum absolute atomic E-state index is 0.0706. The van der Waals surface area contributed by atoms with Crippen LogP contribution in [-0.4, -0.2) is 34.8 Å². The summed E-state index contributed by atoms with van der Waals surface area (Å²) in [5, 5.41) is 14.8. The molecule has 0 radical (unpaired) electrons. The Hall–Kier alpha value is -1.40. The molecule has 124 valence electrons. The first-order valence-corrected chi connectivity index (χ1v) is 9.11. The summed E-state index contributed by atoms with van der Waals surface area (Å²) >= 11 is 0. The van der Waals surface area contributed by atoms with Crippen LogP contribution in [0.4, 0.5) is 10.5 Å². The van der Waals surface area contributed by atoms with Gasteiger partial charge in [-0.25, -0.2) is 4.79 Å². The molecule has 0 aromatic heterocycles. The van der Waals surface area contributed by atoms with Crippen LogP contribution in [0.15, 0.2) is 29.2 Å². The van der Waals surface area contributed by atoms with Crippen LogP contribution in [-0.2, 0) is 10.8 Å². The maximum atomic E-state index is 12.0. The number of carbonyl (C=O) groups excluding carboxylic acids is 1. The van der Waals surface area contributed by atoms with E-state index in [0.717, 1.165) is 12.8 Å². The highest BCUT2D eigenvalue weighted by Gasteiger charge is 2.26. The standard InChI is InChI=1S/C16H26N2O3S/c1-4-16(5-2,9-10-19)12-17-15(20)18-13-7-6-8-14(11-13)22(3)21/h6-8,11,19H,4-5,9-10,12H2,1-3H3,(H2,17,18,20). The molecule has 0 saturated heterocycles. The van der Waals surface area contributed by atoms with E-state index in [1.807, 2.05) is 0 Å². The molecule has 0 heterocycles.